The predicted molar refractivity (Wildman–Crippen MR) is 92.8 cm³/mol. The fourth-order valence-electron chi connectivity index (χ4n) is 2.42. The Labute approximate surface area is 144 Å². The molecule has 0 radical (unpaired) electrons. The molecule has 0 atom stereocenters. The maximum Gasteiger partial charge on any atom is 0.330 e. The minimum absolute atomic E-state index is 0.0523. The zero-order chi connectivity index (χ0) is 18.6. The second-order valence-corrected chi connectivity index (χ2v) is 5.92. The highest BCUT2D eigenvalue weighted by Crippen LogP contribution is 2.20. The van der Waals surface area contributed by atoms with Crippen LogP contribution in [0.25, 0.3) is 0 Å². The van der Waals surface area contributed by atoms with E-state index in [0.29, 0.717) is 6.54 Å². The van der Waals surface area contributed by atoms with E-state index >= 15 is 0 Å². The van der Waals surface area contributed by atoms with E-state index in [1.54, 1.807) is 6.07 Å². The first-order valence-electron chi connectivity index (χ1n) is 7.83. The summed E-state index contributed by atoms with van der Waals surface area (Å²) >= 11 is 0. The normalized spacial score (nSPS) is 11.0. The molecular formula is C16H22N4O5. The summed E-state index contributed by atoms with van der Waals surface area (Å²) in [7, 11) is 1.48. The fourth-order valence-corrected chi connectivity index (χ4v) is 2.42. The number of furan rings is 1. The summed E-state index contributed by atoms with van der Waals surface area (Å²) < 4.78 is 11.4. The third-order valence-electron chi connectivity index (χ3n) is 3.53. The average Bonchev–Trinajstić information content (AvgIpc) is 3.08. The van der Waals surface area contributed by atoms with Gasteiger partial charge in [0.15, 0.2) is 11.4 Å². The molecule has 2 heterocycles. The molecule has 0 bridgehead atoms. The van der Waals surface area contributed by atoms with Crippen molar-refractivity contribution in [2.75, 3.05) is 30.9 Å². The van der Waals surface area contributed by atoms with E-state index in [4.69, 9.17) is 14.9 Å². The van der Waals surface area contributed by atoms with Gasteiger partial charge in [-0.2, -0.15) is 0 Å². The number of hydrogen-bond acceptors (Lipinski definition) is 6. The Morgan fingerprint density at radius 3 is 2.72 bits per heavy atom. The van der Waals surface area contributed by atoms with Crippen LogP contribution in [-0.2, 0) is 11.3 Å². The molecule has 0 aromatic carbocycles. The summed E-state index contributed by atoms with van der Waals surface area (Å²) in [6.45, 7) is 4.38. The zero-order valence-corrected chi connectivity index (χ0v) is 14.4. The van der Waals surface area contributed by atoms with E-state index in [9.17, 15) is 14.4 Å². The van der Waals surface area contributed by atoms with Crippen molar-refractivity contribution in [1.29, 1.82) is 0 Å². The standard InChI is InChI=1S/C16H22N4O5/c1-10(2)9-20-13(17)12(14(21)18-16(20)23)19(6-8-24-3)15(22)11-5-4-7-25-11/h4-5,7,10H,6,8-9,17H2,1-3H3,(H,18,21,23). The summed E-state index contributed by atoms with van der Waals surface area (Å²) in [6.07, 6.45) is 1.36. The van der Waals surface area contributed by atoms with E-state index in [0.717, 1.165) is 4.90 Å². The average molecular weight is 350 g/mol. The van der Waals surface area contributed by atoms with Gasteiger partial charge in [-0.05, 0) is 18.1 Å². The van der Waals surface area contributed by atoms with Crippen LogP contribution < -0.4 is 21.9 Å². The molecular weight excluding hydrogens is 328 g/mol. The minimum Gasteiger partial charge on any atom is -0.459 e. The van der Waals surface area contributed by atoms with Crippen molar-refractivity contribution in [2.45, 2.75) is 20.4 Å². The molecule has 0 aliphatic heterocycles. The molecule has 9 nitrogen and oxygen atoms in total. The Morgan fingerprint density at radius 2 is 2.16 bits per heavy atom. The molecule has 0 saturated heterocycles. The van der Waals surface area contributed by atoms with Crippen molar-refractivity contribution in [2.24, 2.45) is 5.92 Å². The van der Waals surface area contributed by atoms with Gasteiger partial charge < -0.3 is 14.9 Å². The minimum atomic E-state index is -0.737. The van der Waals surface area contributed by atoms with E-state index in [2.05, 4.69) is 4.98 Å². The van der Waals surface area contributed by atoms with Crippen LogP contribution in [0.4, 0.5) is 11.5 Å². The van der Waals surface area contributed by atoms with Crippen LogP contribution in [0.2, 0.25) is 0 Å². The number of anilines is 2. The Hall–Kier alpha value is -2.81. The summed E-state index contributed by atoms with van der Waals surface area (Å²) in [5.41, 5.74) is 4.63. The maximum absolute atomic E-state index is 12.7. The molecule has 0 aliphatic carbocycles. The lowest BCUT2D eigenvalue weighted by Gasteiger charge is -2.23. The molecule has 0 spiro atoms. The summed E-state index contributed by atoms with van der Waals surface area (Å²) in [4.78, 5) is 40.5. The van der Waals surface area contributed by atoms with Crippen molar-refractivity contribution in [1.82, 2.24) is 9.55 Å². The molecule has 2 aromatic rings. The van der Waals surface area contributed by atoms with E-state index in [1.165, 1.54) is 24.0 Å². The molecule has 2 rings (SSSR count). The molecule has 0 unspecified atom stereocenters. The number of ether oxygens (including phenoxy) is 1. The van der Waals surface area contributed by atoms with Crippen LogP contribution in [0.1, 0.15) is 24.4 Å². The predicted octanol–water partition coefficient (Wildman–Crippen LogP) is 0.661. The second-order valence-electron chi connectivity index (χ2n) is 5.92. The first-order chi connectivity index (χ1) is 11.9. The van der Waals surface area contributed by atoms with Gasteiger partial charge in [-0.1, -0.05) is 13.8 Å². The Balaban J connectivity index is 2.58. The first-order valence-corrected chi connectivity index (χ1v) is 7.83. The van der Waals surface area contributed by atoms with Gasteiger partial charge in [0.2, 0.25) is 0 Å². The molecule has 3 N–H and O–H groups in total. The molecule has 25 heavy (non-hydrogen) atoms. The van der Waals surface area contributed by atoms with Gasteiger partial charge in [-0.25, -0.2) is 4.79 Å². The molecule has 0 aliphatic rings. The van der Waals surface area contributed by atoms with Crippen molar-refractivity contribution < 1.29 is 13.9 Å². The van der Waals surface area contributed by atoms with Crippen LogP contribution >= 0.6 is 0 Å². The van der Waals surface area contributed by atoms with Crippen LogP contribution in [0.5, 0.6) is 0 Å². The van der Waals surface area contributed by atoms with Crippen LogP contribution in [0.3, 0.4) is 0 Å². The lowest BCUT2D eigenvalue weighted by Crippen LogP contribution is -2.42. The number of aromatic nitrogens is 2. The van der Waals surface area contributed by atoms with Crippen molar-refractivity contribution >= 4 is 17.4 Å². The Morgan fingerprint density at radius 1 is 1.44 bits per heavy atom. The molecule has 1 amide bonds. The SMILES string of the molecule is COCCN(C(=O)c1ccco1)c1c(N)n(CC(C)C)c(=O)[nH]c1=O. The number of nitrogens with two attached hydrogens (primary N) is 1. The third-order valence-corrected chi connectivity index (χ3v) is 3.53. The number of carbonyl (C=O) groups is 1. The molecule has 0 fully saturated rings. The topological polar surface area (TPSA) is 124 Å². The number of hydrogen-bond donors (Lipinski definition) is 2. The quantitative estimate of drug-likeness (QED) is 0.756. The van der Waals surface area contributed by atoms with Gasteiger partial charge in [0.05, 0.1) is 19.4 Å². The largest absolute Gasteiger partial charge is 0.459 e. The molecule has 136 valence electrons. The number of amides is 1. The number of nitrogens with zero attached hydrogens (tertiary/aromatic N) is 2. The highest BCUT2D eigenvalue weighted by molar-refractivity contribution is 6.05. The number of H-pyrrole nitrogens is 1. The van der Waals surface area contributed by atoms with Crippen molar-refractivity contribution in [3.63, 3.8) is 0 Å². The van der Waals surface area contributed by atoms with E-state index < -0.39 is 17.2 Å². The molecule has 9 heteroatoms. The van der Waals surface area contributed by atoms with Crippen LogP contribution in [0, 0.1) is 5.92 Å². The number of rotatable bonds is 7. The highest BCUT2D eigenvalue weighted by atomic mass is 16.5. The lowest BCUT2D eigenvalue weighted by atomic mass is 10.2. The summed E-state index contributed by atoms with van der Waals surface area (Å²) in [5.74, 6) is -0.448. The van der Waals surface area contributed by atoms with Crippen molar-refractivity contribution in [3.8, 4) is 0 Å². The van der Waals surface area contributed by atoms with Gasteiger partial charge in [0.1, 0.15) is 5.82 Å². The van der Waals surface area contributed by atoms with Gasteiger partial charge in [-0.3, -0.25) is 24.0 Å². The highest BCUT2D eigenvalue weighted by Gasteiger charge is 2.26. The Bertz CT molecular complexity index is 835. The van der Waals surface area contributed by atoms with E-state index in [1.807, 2.05) is 13.8 Å². The summed E-state index contributed by atoms with van der Waals surface area (Å²) in [5, 5.41) is 0. The molecule has 0 saturated carbocycles. The van der Waals surface area contributed by atoms with Gasteiger partial charge >= 0.3 is 5.69 Å². The monoisotopic (exact) mass is 350 g/mol. The second kappa shape index (κ2) is 7.84. The number of nitrogens with one attached hydrogen (secondary N) is 1. The molecule has 2 aromatic heterocycles. The number of aromatic amines is 1. The number of methoxy groups -OCH3 is 1. The lowest BCUT2D eigenvalue weighted by molar-refractivity contribution is 0.0949. The number of nitrogen functional groups attached to an aromatic ring is 1. The Kier molecular flexibility index (Phi) is 5.81. The van der Waals surface area contributed by atoms with Gasteiger partial charge in [0.25, 0.3) is 11.5 Å². The zero-order valence-electron chi connectivity index (χ0n) is 14.4. The van der Waals surface area contributed by atoms with Crippen LogP contribution in [0.15, 0.2) is 32.4 Å². The summed E-state index contributed by atoms with van der Waals surface area (Å²) in [6, 6.07) is 3.05. The van der Waals surface area contributed by atoms with Gasteiger partial charge in [-0.15, -0.1) is 0 Å². The maximum atomic E-state index is 12.7. The van der Waals surface area contributed by atoms with Crippen LogP contribution in [-0.4, -0.2) is 35.7 Å². The first kappa shape index (κ1) is 18.5. The number of carbonyl (C=O) groups excluding carboxylic acids is 1. The third kappa shape index (κ3) is 4.00. The van der Waals surface area contributed by atoms with E-state index in [-0.39, 0.29) is 36.3 Å². The smallest absolute Gasteiger partial charge is 0.330 e. The fraction of sp³-hybridized carbons (Fsp3) is 0.438. The van der Waals surface area contributed by atoms with Crippen molar-refractivity contribution in [3.05, 3.63) is 45.0 Å². The van der Waals surface area contributed by atoms with Gasteiger partial charge in [0, 0.05) is 13.7 Å².